The molecule has 0 saturated carbocycles. The van der Waals surface area contributed by atoms with Crippen LogP contribution in [0.15, 0.2) is 59.9 Å². The van der Waals surface area contributed by atoms with Gasteiger partial charge in [0.15, 0.2) is 5.16 Å². The summed E-state index contributed by atoms with van der Waals surface area (Å²) in [5, 5.41) is 1.60. The molecule has 1 aliphatic heterocycles. The van der Waals surface area contributed by atoms with E-state index in [9.17, 15) is 4.79 Å². The van der Waals surface area contributed by atoms with Gasteiger partial charge in [0.25, 0.3) is 0 Å². The number of amides is 1. The number of hydrogen-bond donors (Lipinski definition) is 0. The van der Waals surface area contributed by atoms with Crippen molar-refractivity contribution < 1.29 is 4.79 Å². The molecule has 1 aromatic heterocycles. The fourth-order valence-corrected chi connectivity index (χ4v) is 4.66. The topological polar surface area (TPSA) is 38.1 Å². The molecule has 1 amide bonds. The Morgan fingerprint density at radius 3 is 2.69 bits per heavy atom. The number of carbonyl (C=O) groups is 1. The summed E-state index contributed by atoms with van der Waals surface area (Å²) in [6.45, 7) is 5.98. The summed E-state index contributed by atoms with van der Waals surface area (Å²) >= 11 is 7.55. The van der Waals surface area contributed by atoms with Gasteiger partial charge < -0.3 is 9.47 Å². The molecule has 2 aromatic carbocycles. The zero-order valence-electron chi connectivity index (χ0n) is 16.6. The van der Waals surface area contributed by atoms with Crippen molar-refractivity contribution in [1.29, 1.82) is 0 Å². The number of aromatic nitrogens is 2. The second kappa shape index (κ2) is 8.64. The predicted molar refractivity (Wildman–Crippen MR) is 121 cm³/mol. The number of hydrogen-bond acceptors (Lipinski definition) is 3. The Kier molecular flexibility index (Phi) is 5.97. The van der Waals surface area contributed by atoms with Crippen molar-refractivity contribution in [3.05, 3.63) is 65.3 Å². The molecule has 0 aliphatic carbocycles. The van der Waals surface area contributed by atoms with Crippen LogP contribution in [0.5, 0.6) is 0 Å². The van der Waals surface area contributed by atoms with Gasteiger partial charge in [0.1, 0.15) is 0 Å². The first kappa shape index (κ1) is 20.0. The van der Waals surface area contributed by atoms with Gasteiger partial charge in [-0.1, -0.05) is 67.5 Å². The van der Waals surface area contributed by atoms with Gasteiger partial charge >= 0.3 is 0 Å². The molecule has 0 spiro atoms. The first-order valence-corrected chi connectivity index (χ1v) is 11.2. The quantitative estimate of drug-likeness (QED) is 0.486. The number of thioether (sulfide) groups is 1. The molecule has 0 atom stereocenters. The second-order valence-electron chi connectivity index (χ2n) is 7.65. The van der Waals surface area contributed by atoms with Crippen molar-refractivity contribution in [2.45, 2.75) is 32.0 Å². The van der Waals surface area contributed by atoms with Gasteiger partial charge in [-0.3, -0.25) is 4.79 Å². The number of imidazole rings is 1. The van der Waals surface area contributed by atoms with Crippen molar-refractivity contribution in [2.24, 2.45) is 5.92 Å². The lowest BCUT2D eigenvalue weighted by Crippen LogP contribution is -2.30. The molecule has 0 saturated heterocycles. The van der Waals surface area contributed by atoms with Gasteiger partial charge in [0.2, 0.25) is 5.91 Å². The Balaban J connectivity index is 1.53. The van der Waals surface area contributed by atoms with E-state index in [1.165, 1.54) is 17.3 Å². The molecule has 0 radical (unpaired) electrons. The van der Waals surface area contributed by atoms with Crippen molar-refractivity contribution >= 4 is 35.0 Å². The normalized spacial score (nSPS) is 13.2. The van der Waals surface area contributed by atoms with E-state index in [2.05, 4.69) is 29.5 Å². The van der Waals surface area contributed by atoms with Crippen LogP contribution in [0.2, 0.25) is 5.02 Å². The first-order valence-electron chi connectivity index (χ1n) is 9.85. The molecule has 0 bridgehead atoms. The summed E-state index contributed by atoms with van der Waals surface area (Å²) in [7, 11) is 0. The Bertz CT molecular complexity index is 1010. The van der Waals surface area contributed by atoms with Crippen LogP contribution < -0.4 is 4.90 Å². The average Bonchev–Trinajstić information content (AvgIpc) is 3.31. The Hall–Kier alpha value is -2.24. The number of halogens is 1. The van der Waals surface area contributed by atoms with Gasteiger partial charge in [-0.2, -0.15) is 0 Å². The SMILES string of the molecule is CC(C)Cn1c(-c2ccc(Cl)cc2)cnc1SCC(=O)N1CCc2ccccc21. The molecule has 2 heterocycles. The van der Waals surface area contributed by atoms with Crippen LogP contribution in [0.3, 0.4) is 0 Å². The minimum absolute atomic E-state index is 0.132. The minimum atomic E-state index is 0.132. The number of para-hydroxylation sites is 1. The van der Waals surface area contributed by atoms with Crippen LogP contribution in [0.1, 0.15) is 19.4 Å². The molecule has 3 aromatic rings. The van der Waals surface area contributed by atoms with Crippen LogP contribution in [-0.2, 0) is 17.8 Å². The fraction of sp³-hybridized carbons (Fsp3) is 0.304. The van der Waals surface area contributed by atoms with Gasteiger partial charge in [0.05, 0.1) is 17.6 Å². The van der Waals surface area contributed by atoms with E-state index in [0.717, 1.165) is 46.6 Å². The number of carbonyl (C=O) groups excluding carboxylic acids is 1. The third kappa shape index (κ3) is 4.36. The fourth-order valence-electron chi connectivity index (χ4n) is 3.67. The Morgan fingerprint density at radius 1 is 1.17 bits per heavy atom. The molecule has 150 valence electrons. The van der Waals surface area contributed by atoms with E-state index in [0.29, 0.717) is 11.7 Å². The van der Waals surface area contributed by atoms with E-state index >= 15 is 0 Å². The monoisotopic (exact) mass is 425 g/mol. The average molecular weight is 426 g/mol. The maximum Gasteiger partial charge on any atom is 0.237 e. The summed E-state index contributed by atoms with van der Waals surface area (Å²) in [4.78, 5) is 19.4. The molecule has 1 aliphatic rings. The van der Waals surface area contributed by atoms with Crippen molar-refractivity contribution in [2.75, 3.05) is 17.2 Å². The summed E-state index contributed by atoms with van der Waals surface area (Å²) in [6.07, 6.45) is 2.82. The van der Waals surface area contributed by atoms with Crippen LogP contribution >= 0.6 is 23.4 Å². The third-order valence-corrected chi connectivity index (χ3v) is 6.25. The highest BCUT2D eigenvalue weighted by Crippen LogP contribution is 2.31. The maximum absolute atomic E-state index is 12.9. The van der Waals surface area contributed by atoms with Crippen LogP contribution in [0.4, 0.5) is 5.69 Å². The summed E-state index contributed by atoms with van der Waals surface area (Å²) in [5.41, 5.74) is 4.42. The lowest BCUT2D eigenvalue weighted by Gasteiger charge is -2.18. The number of rotatable bonds is 6. The zero-order valence-corrected chi connectivity index (χ0v) is 18.2. The molecule has 0 fully saturated rings. The second-order valence-corrected chi connectivity index (χ2v) is 9.03. The summed E-state index contributed by atoms with van der Waals surface area (Å²) < 4.78 is 2.21. The maximum atomic E-state index is 12.9. The van der Waals surface area contributed by atoms with Gasteiger partial charge in [-0.25, -0.2) is 4.98 Å². The minimum Gasteiger partial charge on any atom is -0.319 e. The molecule has 4 rings (SSSR count). The predicted octanol–water partition coefficient (Wildman–Crippen LogP) is 5.54. The van der Waals surface area contributed by atoms with E-state index in [4.69, 9.17) is 11.6 Å². The Morgan fingerprint density at radius 2 is 1.93 bits per heavy atom. The molecular weight excluding hydrogens is 402 g/mol. The van der Waals surface area contributed by atoms with Crippen molar-refractivity contribution in [1.82, 2.24) is 9.55 Å². The van der Waals surface area contributed by atoms with E-state index in [-0.39, 0.29) is 5.91 Å². The van der Waals surface area contributed by atoms with E-state index in [1.54, 1.807) is 0 Å². The summed E-state index contributed by atoms with van der Waals surface area (Å²) in [5.74, 6) is 0.978. The van der Waals surface area contributed by atoms with Gasteiger partial charge in [-0.15, -0.1) is 0 Å². The van der Waals surface area contributed by atoms with E-state index < -0.39 is 0 Å². The lowest BCUT2D eigenvalue weighted by atomic mass is 10.1. The number of anilines is 1. The number of nitrogens with zero attached hydrogens (tertiary/aromatic N) is 3. The molecule has 29 heavy (non-hydrogen) atoms. The third-order valence-electron chi connectivity index (χ3n) is 5.02. The zero-order chi connectivity index (χ0) is 20.4. The van der Waals surface area contributed by atoms with Crippen molar-refractivity contribution in [3.8, 4) is 11.3 Å². The molecule has 4 nitrogen and oxygen atoms in total. The molecule has 6 heteroatoms. The van der Waals surface area contributed by atoms with Crippen LogP contribution in [0.25, 0.3) is 11.3 Å². The highest BCUT2D eigenvalue weighted by atomic mass is 35.5. The Labute approximate surface area is 180 Å². The number of benzene rings is 2. The van der Waals surface area contributed by atoms with E-state index in [1.807, 2.05) is 53.6 Å². The molecule has 0 N–H and O–H groups in total. The highest BCUT2D eigenvalue weighted by molar-refractivity contribution is 7.99. The van der Waals surface area contributed by atoms with Gasteiger partial charge in [-0.05, 0) is 41.7 Å². The van der Waals surface area contributed by atoms with Crippen LogP contribution in [-0.4, -0.2) is 27.8 Å². The molecular formula is C23H24ClN3OS. The number of fused-ring (bicyclic) bond motifs is 1. The van der Waals surface area contributed by atoms with Gasteiger partial charge in [0, 0.05) is 23.8 Å². The summed E-state index contributed by atoms with van der Waals surface area (Å²) in [6, 6.07) is 16.0. The lowest BCUT2D eigenvalue weighted by molar-refractivity contribution is -0.116. The highest BCUT2D eigenvalue weighted by Gasteiger charge is 2.24. The first-order chi connectivity index (χ1) is 14.0. The largest absolute Gasteiger partial charge is 0.319 e. The van der Waals surface area contributed by atoms with Crippen molar-refractivity contribution in [3.63, 3.8) is 0 Å². The standard InChI is InChI=1S/C23H24ClN3OS/c1-16(2)14-27-21(18-7-9-19(24)10-8-18)13-25-23(27)29-15-22(28)26-12-11-17-5-3-4-6-20(17)26/h3-10,13,16H,11-12,14-15H2,1-2H3. The smallest absolute Gasteiger partial charge is 0.237 e. The van der Waals surface area contributed by atoms with Crippen LogP contribution in [0, 0.1) is 5.92 Å². The molecule has 0 unspecified atom stereocenters.